The fraction of sp³-hybridized carbons (Fsp3) is 0.444. The number of amides is 1. The lowest BCUT2D eigenvalue weighted by molar-refractivity contribution is -0.122. The summed E-state index contributed by atoms with van der Waals surface area (Å²) in [6.45, 7) is 7.94. The second-order valence-corrected chi connectivity index (χ2v) is 6.72. The minimum Gasteiger partial charge on any atom is -0.349 e. The highest BCUT2D eigenvalue weighted by Crippen LogP contribution is 2.16. The first-order valence-corrected chi connectivity index (χ1v) is 8.28. The Morgan fingerprint density at radius 2 is 2.04 bits per heavy atom. The summed E-state index contributed by atoms with van der Waals surface area (Å²) in [6, 6.07) is 3.58. The van der Waals surface area contributed by atoms with Gasteiger partial charge in [-0.1, -0.05) is 13.8 Å². The molecule has 0 saturated heterocycles. The number of nitrogens with one attached hydrogen (secondary N) is 2. The molecule has 4 N–H and O–H groups in total. The third-order valence-electron chi connectivity index (χ3n) is 4.62. The second kappa shape index (κ2) is 10.4. The molecule has 0 aliphatic rings. The van der Waals surface area contributed by atoms with Crippen molar-refractivity contribution in [2.24, 2.45) is 11.7 Å². The van der Waals surface area contributed by atoms with E-state index in [-0.39, 0.29) is 48.6 Å². The number of halogens is 2. The Labute approximate surface area is 171 Å². The summed E-state index contributed by atoms with van der Waals surface area (Å²) in [5.41, 5.74) is 6.56. The number of hydrogen-bond acceptors (Lipinski definition) is 5. The summed E-state index contributed by atoms with van der Waals surface area (Å²) < 4.78 is 0. The van der Waals surface area contributed by atoms with Crippen molar-refractivity contribution in [1.82, 2.24) is 20.3 Å². The average Bonchev–Trinajstić information content (AvgIpc) is 2.58. The molecular weight excluding hydrogens is 389 g/mol. The molecular formula is C18H27Cl2N5O2. The molecule has 150 valence electrons. The zero-order valence-corrected chi connectivity index (χ0v) is 17.5. The Morgan fingerprint density at radius 1 is 1.37 bits per heavy atom. The molecule has 0 aliphatic carbocycles. The SMILES string of the molecule is Cc1nc(-c2cccnc2)[nH]c(=O)c1CC(=O)NC(C)(CN)C(C)C.Cl.Cl. The number of H-pyrrole nitrogens is 1. The lowest BCUT2D eigenvalue weighted by Crippen LogP contribution is -2.55. The molecule has 0 radical (unpaired) electrons. The van der Waals surface area contributed by atoms with Crippen LogP contribution < -0.4 is 16.6 Å². The van der Waals surface area contributed by atoms with Gasteiger partial charge in [0, 0.05) is 35.8 Å². The molecule has 0 aliphatic heterocycles. The third kappa shape index (κ3) is 6.02. The fourth-order valence-electron chi connectivity index (χ4n) is 2.41. The number of nitrogens with zero attached hydrogens (tertiary/aromatic N) is 2. The molecule has 1 unspecified atom stereocenters. The smallest absolute Gasteiger partial charge is 0.255 e. The van der Waals surface area contributed by atoms with Crippen LogP contribution in [0.2, 0.25) is 0 Å². The van der Waals surface area contributed by atoms with E-state index >= 15 is 0 Å². The van der Waals surface area contributed by atoms with Crippen molar-refractivity contribution >= 4 is 30.7 Å². The van der Waals surface area contributed by atoms with Gasteiger partial charge >= 0.3 is 0 Å². The Balaban J connectivity index is 0.00000338. The van der Waals surface area contributed by atoms with Gasteiger partial charge in [0.15, 0.2) is 0 Å². The van der Waals surface area contributed by atoms with Crippen LogP contribution in [-0.2, 0) is 11.2 Å². The molecule has 0 saturated carbocycles. The number of nitrogens with two attached hydrogens (primary N) is 1. The number of carbonyl (C=O) groups excluding carboxylic acids is 1. The van der Waals surface area contributed by atoms with E-state index in [1.54, 1.807) is 25.4 Å². The van der Waals surface area contributed by atoms with E-state index in [1.807, 2.05) is 26.8 Å². The van der Waals surface area contributed by atoms with Gasteiger partial charge in [-0.3, -0.25) is 14.6 Å². The van der Waals surface area contributed by atoms with Crippen molar-refractivity contribution in [3.05, 3.63) is 46.1 Å². The summed E-state index contributed by atoms with van der Waals surface area (Å²) in [5, 5.41) is 2.94. The molecule has 2 aromatic heterocycles. The van der Waals surface area contributed by atoms with Crippen LogP contribution in [0.4, 0.5) is 0 Å². The zero-order chi connectivity index (χ0) is 18.6. The molecule has 1 atom stereocenters. The van der Waals surface area contributed by atoms with E-state index < -0.39 is 5.54 Å². The lowest BCUT2D eigenvalue weighted by atomic mass is 9.88. The summed E-state index contributed by atoms with van der Waals surface area (Å²) in [5.74, 6) is 0.367. The van der Waals surface area contributed by atoms with Crippen LogP contribution in [0.25, 0.3) is 11.4 Å². The Kier molecular flexibility index (Phi) is 9.64. The lowest BCUT2D eigenvalue weighted by Gasteiger charge is -2.33. The van der Waals surface area contributed by atoms with E-state index in [1.165, 1.54) is 0 Å². The van der Waals surface area contributed by atoms with Gasteiger partial charge in [0.1, 0.15) is 5.82 Å². The van der Waals surface area contributed by atoms with E-state index in [4.69, 9.17) is 5.73 Å². The fourth-order valence-corrected chi connectivity index (χ4v) is 2.41. The van der Waals surface area contributed by atoms with Gasteiger partial charge in [0.05, 0.1) is 12.0 Å². The van der Waals surface area contributed by atoms with Crippen molar-refractivity contribution < 1.29 is 4.79 Å². The maximum Gasteiger partial charge on any atom is 0.255 e. The predicted octanol–water partition coefficient (Wildman–Crippen LogP) is 2.02. The maximum absolute atomic E-state index is 12.4. The minimum absolute atomic E-state index is 0. The van der Waals surface area contributed by atoms with Crippen molar-refractivity contribution in [2.75, 3.05) is 6.54 Å². The van der Waals surface area contributed by atoms with E-state index in [0.29, 0.717) is 29.2 Å². The zero-order valence-electron chi connectivity index (χ0n) is 15.9. The quantitative estimate of drug-likeness (QED) is 0.667. The molecule has 0 aromatic carbocycles. The number of rotatable bonds is 6. The average molecular weight is 416 g/mol. The first-order valence-electron chi connectivity index (χ1n) is 8.28. The monoisotopic (exact) mass is 415 g/mol. The van der Waals surface area contributed by atoms with E-state index in [9.17, 15) is 9.59 Å². The van der Waals surface area contributed by atoms with Crippen LogP contribution in [0.3, 0.4) is 0 Å². The normalized spacial score (nSPS) is 12.5. The van der Waals surface area contributed by atoms with Crippen molar-refractivity contribution in [2.45, 2.75) is 39.7 Å². The topological polar surface area (TPSA) is 114 Å². The summed E-state index contributed by atoms with van der Waals surface area (Å²) in [7, 11) is 0. The Morgan fingerprint density at radius 3 is 2.52 bits per heavy atom. The van der Waals surface area contributed by atoms with Crippen LogP contribution in [0.15, 0.2) is 29.3 Å². The van der Waals surface area contributed by atoms with Crippen LogP contribution in [0, 0.1) is 12.8 Å². The van der Waals surface area contributed by atoms with E-state index in [0.717, 1.165) is 0 Å². The van der Waals surface area contributed by atoms with Crippen molar-refractivity contribution in [3.8, 4) is 11.4 Å². The largest absolute Gasteiger partial charge is 0.349 e. The highest BCUT2D eigenvalue weighted by Gasteiger charge is 2.29. The first-order chi connectivity index (χ1) is 11.8. The number of hydrogen-bond donors (Lipinski definition) is 3. The molecule has 2 aromatic rings. The minimum atomic E-state index is -0.513. The molecule has 7 nitrogen and oxygen atoms in total. The highest BCUT2D eigenvalue weighted by atomic mass is 35.5. The summed E-state index contributed by atoms with van der Waals surface area (Å²) >= 11 is 0. The highest BCUT2D eigenvalue weighted by molar-refractivity contribution is 5.85. The summed E-state index contributed by atoms with van der Waals surface area (Å²) in [4.78, 5) is 36.0. The number of pyridine rings is 1. The number of carbonyl (C=O) groups is 1. The molecule has 27 heavy (non-hydrogen) atoms. The molecule has 1 amide bonds. The van der Waals surface area contributed by atoms with Crippen molar-refractivity contribution in [3.63, 3.8) is 0 Å². The Hall–Kier alpha value is -1.96. The van der Waals surface area contributed by atoms with Crippen LogP contribution in [-0.4, -0.2) is 32.9 Å². The van der Waals surface area contributed by atoms with Crippen LogP contribution in [0.5, 0.6) is 0 Å². The van der Waals surface area contributed by atoms with Gasteiger partial charge in [-0.05, 0) is 31.9 Å². The predicted molar refractivity (Wildman–Crippen MR) is 111 cm³/mol. The number of aromatic nitrogens is 3. The number of aryl methyl sites for hydroxylation is 1. The van der Waals surface area contributed by atoms with Gasteiger partial charge in [0.25, 0.3) is 5.56 Å². The van der Waals surface area contributed by atoms with Crippen molar-refractivity contribution in [1.29, 1.82) is 0 Å². The molecule has 2 heterocycles. The first kappa shape index (κ1) is 25.0. The van der Waals surface area contributed by atoms with Gasteiger partial charge < -0.3 is 16.0 Å². The van der Waals surface area contributed by atoms with Crippen LogP contribution in [0.1, 0.15) is 32.0 Å². The number of aromatic amines is 1. The van der Waals surface area contributed by atoms with E-state index in [2.05, 4.69) is 20.3 Å². The second-order valence-electron chi connectivity index (χ2n) is 6.72. The summed E-state index contributed by atoms with van der Waals surface area (Å²) in [6.07, 6.45) is 3.24. The standard InChI is InChI=1S/C18H25N5O2.2ClH/c1-11(2)18(4,10-19)23-15(24)8-14-12(3)21-16(22-17(14)25)13-6-5-7-20-9-13;;/h5-7,9,11H,8,10,19H2,1-4H3,(H,23,24)(H,21,22,25);2*1H. The van der Waals surface area contributed by atoms with Crippen LogP contribution >= 0.6 is 24.8 Å². The van der Waals surface area contributed by atoms with Gasteiger partial charge in [-0.15, -0.1) is 24.8 Å². The third-order valence-corrected chi connectivity index (χ3v) is 4.62. The van der Waals surface area contributed by atoms with Gasteiger partial charge in [-0.2, -0.15) is 0 Å². The van der Waals surface area contributed by atoms with Gasteiger partial charge in [0.2, 0.25) is 5.91 Å². The molecule has 0 fully saturated rings. The Bertz CT molecular complexity index is 811. The maximum atomic E-state index is 12.4. The molecule has 2 rings (SSSR count). The molecule has 0 bridgehead atoms. The molecule has 0 spiro atoms. The molecule has 9 heteroatoms. The van der Waals surface area contributed by atoms with Gasteiger partial charge in [-0.25, -0.2) is 4.98 Å².